The third-order valence-electron chi connectivity index (χ3n) is 10.5. The van der Waals surface area contributed by atoms with E-state index in [0.717, 1.165) is 0 Å². The first-order valence-electron chi connectivity index (χ1n) is 21.9. The van der Waals surface area contributed by atoms with Crippen LogP contribution in [0.25, 0.3) is 0 Å². The van der Waals surface area contributed by atoms with E-state index in [1.807, 2.05) is 6.26 Å². The lowest BCUT2D eigenvalue weighted by Gasteiger charge is -2.27. The van der Waals surface area contributed by atoms with Crippen molar-refractivity contribution in [3.05, 3.63) is 35.9 Å². The van der Waals surface area contributed by atoms with Gasteiger partial charge in [-0.3, -0.25) is 66.5 Å². The van der Waals surface area contributed by atoms with E-state index >= 15 is 0 Å². The number of amides is 7. The van der Waals surface area contributed by atoms with Gasteiger partial charge in [0.05, 0.1) is 25.7 Å². The number of nitrogens with zero attached hydrogens (tertiary/aromatic N) is 1. The number of hydrogen-bond donors (Lipinski definition) is 15. The first kappa shape index (κ1) is 57.7. The lowest BCUT2D eigenvalue weighted by Crippen LogP contribution is -2.78. The van der Waals surface area contributed by atoms with Gasteiger partial charge in [-0.05, 0) is 80.9 Å². The summed E-state index contributed by atoms with van der Waals surface area (Å²) in [5.74, 6) is -5.21. The minimum absolute atomic E-state index is 0.00536. The van der Waals surface area contributed by atoms with Crippen LogP contribution in [0.5, 0.6) is 0 Å². The highest BCUT2D eigenvalue weighted by molar-refractivity contribution is 7.98. The molecule has 26 heteroatoms. The molecule has 0 spiro atoms. The largest absolute Gasteiger partial charge is 0.480 e. The summed E-state index contributed by atoms with van der Waals surface area (Å²) in [7, 11) is 0. The summed E-state index contributed by atoms with van der Waals surface area (Å²) >= 11 is 7.21. The molecule has 1 aromatic carbocycles. The molecule has 19 N–H and O–H groups in total. The van der Waals surface area contributed by atoms with Crippen molar-refractivity contribution >= 4 is 95.4 Å². The number of thioether (sulfide) groups is 2. The maximum absolute atomic E-state index is 14.2. The fourth-order valence-corrected chi connectivity index (χ4v) is 8.08. The second kappa shape index (κ2) is 31.5. The van der Waals surface area contributed by atoms with E-state index in [0.29, 0.717) is 49.3 Å². The molecule has 7 amide bonds. The number of nitrogens with two attached hydrogens (primary N) is 5. The monoisotopic (exact) mass is 998 g/mol. The Hall–Kier alpha value is -5.47. The van der Waals surface area contributed by atoms with Gasteiger partial charge in [0.1, 0.15) is 36.3 Å². The van der Waals surface area contributed by atoms with Crippen molar-refractivity contribution in [1.82, 2.24) is 36.8 Å². The van der Waals surface area contributed by atoms with Crippen LogP contribution >= 0.6 is 36.2 Å². The summed E-state index contributed by atoms with van der Waals surface area (Å²) in [6, 6.07) is 0.780. The standard InChI is InChI=1S/C41H68N14O9S3/c1-66-19-14-25(42)38(62)55-18-8-13-31(55)37(61)49-22-32(56)50-30(23-65)36(60)54-29(21-24-9-4-3-5-10-24)35(59)51-26(11-6-16-47-40(43)44)33(57)52-27(15-20-67-2)34(58)53-28(39(63)64)12-7-17-48-41(45)46/h3-5,9-10,25-31,65H,6-8,11-23,42H2,1-2H3,(H,49,61)(H,50,56)(H,51,59)(H,52,57)(H,53,58)(H,54,60)(H,63,64)(H4,43,44,47)(H4,45,46,48)/p+2/t25-,26-,27-,28-,29-,30-,31-/m0/s1. The smallest absolute Gasteiger partial charge is 0.338 e. The molecular weight excluding hydrogens is 929 g/mol. The number of nitrogens with one attached hydrogen (secondary N) is 8. The average Bonchev–Trinajstić information content (AvgIpc) is 3.79. The molecule has 7 atom stereocenters. The van der Waals surface area contributed by atoms with Gasteiger partial charge in [-0.15, -0.1) is 0 Å². The minimum Gasteiger partial charge on any atom is -0.480 e. The van der Waals surface area contributed by atoms with Gasteiger partial charge >= 0.3 is 17.9 Å². The lowest BCUT2D eigenvalue weighted by atomic mass is 10.0. The van der Waals surface area contributed by atoms with Crippen molar-refractivity contribution in [1.29, 1.82) is 0 Å². The van der Waals surface area contributed by atoms with Crippen LogP contribution < -0.4 is 70.6 Å². The molecule has 0 saturated carbocycles. The van der Waals surface area contributed by atoms with Gasteiger partial charge in [-0.1, -0.05) is 30.3 Å². The zero-order chi connectivity index (χ0) is 49.9. The third-order valence-corrected chi connectivity index (χ3v) is 12.1. The Labute approximate surface area is 404 Å². The lowest BCUT2D eigenvalue weighted by molar-refractivity contribution is -0.460. The fraction of sp³-hybridized carbons (Fsp3) is 0.610. The van der Waals surface area contributed by atoms with Crippen molar-refractivity contribution in [3.8, 4) is 0 Å². The van der Waals surface area contributed by atoms with Crippen molar-refractivity contribution in [2.24, 2.45) is 28.7 Å². The number of aliphatic carboxylic acids is 1. The van der Waals surface area contributed by atoms with Crippen molar-refractivity contribution in [2.75, 3.05) is 55.9 Å². The Morgan fingerprint density at radius 3 is 1.79 bits per heavy atom. The van der Waals surface area contributed by atoms with Crippen LogP contribution in [0, 0.1) is 0 Å². The van der Waals surface area contributed by atoms with Crippen LogP contribution in [-0.2, 0) is 44.8 Å². The van der Waals surface area contributed by atoms with Gasteiger partial charge in [-0.25, -0.2) is 4.79 Å². The van der Waals surface area contributed by atoms with Crippen LogP contribution in [0.2, 0.25) is 0 Å². The second-order valence-corrected chi connectivity index (χ2v) is 18.0. The average molecular weight is 999 g/mol. The quantitative estimate of drug-likeness (QED) is 0.0142. The fourth-order valence-electron chi connectivity index (χ4n) is 6.87. The molecule has 1 aliphatic heterocycles. The molecule has 23 nitrogen and oxygen atoms in total. The Balaban J connectivity index is 2.27. The number of guanidine groups is 2. The number of carbonyl (C=O) groups is 8. The number of thiol groups is 1. The number of rotatable bonds is 31. The summed E-state index contributed by atoms with van der Waals surface area (Å²) < 4.78 is 0. The van der Waals surface area contributed by atoms with Gasteiger partial charge in [0.15, 0.2) is 0 Å². The molecule has 1 aliphatic rings. The SMILES string of the molecule is CSCC[C@H](NC(=O)[C@H](CCC[NH+]=C(N)N)NC(=O)[C@H](Cc1ccccc1)NC(=O)[C@H](CS)NC(=O)CNC(=O)[C@@H]1CCCN1C(=O)[C@@H](N)CCSC)C(=O)N[C@@H](CCC[NH+]=C(N)N)C(=O)O. The maximum atomic E-state index is 14.2. The van der Waals surface area contributed by atoms with E-state index in [9.17, 15) is 43.5 Å². The highest BCUT2D eigenvalue weighted by Gasteiger charge is 2.37. The predicted octanol–water partition coefficient (Wildman–Crippen LogP) is -7.12. The molecule has 0 aromatic heterocycles. The molecule has 1 aromatic rings. The highest BCUT2D eigenvalue weighted by Crippen LogP contribution is 2.19. The Morgan fingerprint density at radius 2 is 1.24 bits per heavy atom. The van der Waals surface area contributed by atoms with Crippen LogP contribution in [-0.4, -0.2) is 167 Å². The minimum atomic E-state index is -1.31. The molecule has 0 radical (unpaired) electrons. The van der Waals surface area contributed by atoms with Crippen LogP contribution in [0.1, 0.15) is 56.9 Å². The molecule has 1 fully saturated rings. The van der Waals surface area contributed by atoms with Gasteiger partial charge in [-0.2, -0.15) is 36.2 Å². The molecule has 0 bridgehead atoms. The second-order valence-electron chi connectivity index (χ2n) is 15.7. The number of carbonyl (C=O) groups excluding carboxylic acids is 7. The molecule has 1 heterocycles. The Morgan fingerprint density at radius 1 is 0.731 bits per heavy atom. The molecule has 67 heavy (non-hydrogen) atoms. The summed E-state index contributed by atoms with van der Waals surface area (Å²) in [4.78, 5) is 114. The van der Waals surface area contributed by atoms with E-state index in [-0.39, 0.29) is 68.8 Å². The molecule has 1 saturated heterocycles. The molecule has 0 aliphatic carbocycles. The Kier molecular flexibility index (Phi) is 27.1. The number of carboxylic acids is 1. The van der Waals surface area contributed by atoms with Crippen LogP contribution in [0.15, 0.2) is 30.3 Å². The van der Waals surface area contributed by atoms with Crippen molar-refractivity contribution < 1.29 is 53.4 Å². The van der Waals surface area contributed by atoms with E-state index in [2.05, 4.69) is 54.5 Å². The molecular formula is C41H70N14O9S3+2. The third kappa shape index (κ3) is 21.8. The summed E-state index contributed by atoms with van der Waals surface area (Å²) in [6.07, 6.45) is 5.78. The normalized spacial score (nSPS) is 15.8. The number of likely N-dealkylation sites (tertiary alicyclic amines) is 1. The summed E-state index contributed by atoms with van der Waals surface area (Å²) in [5, 5.41) is 25.4. The zero-order valence-electron chi connectivity index (χ0n) is 38.1. The first-order valence-corrected chi connectivity index (χ1v) is 25.3. The zero-order valence-corrected chi connectivity index (χ0v) is 40.6. The molecule has 2 rings (SSSR count). The molecule has 374 valence electrons. The highest BCUT2D eigenvalue weighted by atomic mass is 32.2. The van der Waals surface area contributed by atoms with Crippen LogP contribution in [0.3, 0.4) is 0 Å². The number of hydrogen-bond acceptors (Lipinski definition) is 12. The van der Waals surface area contributed by atoms with E-state index < -0.39 is 90.3 Å². The topological polar surface area (TPSA) is 390 Å². The first-order chi connectivity index (χ1) is 31.9. The summed E-state index contributed by atoms with van der Waals surface area (Å²) in [6.45, 7) is 0.302. The van der Waals surface area contributed by atoms with Crippen molar-refractivity contribution in [2.45, 2.75) is 100 Å². The van der Waals surface area contributed by atoms with E-state index in [4.69, 9.17) is 28.7 Å². The number of benzene rings is 1. The van der Waals surface area contributed by atoms with Crippen LogP contribution in [0.4, 0.5) is 0 Å². The van der Waals surface area contributed by atoms with E-state index in [1.165, 1.54) is 16.7 Å². The number of carboxylic acid groups (broad SMARTS) is 1. The van der Waals surface area contributed by atoms with Gasteiger partial charge in [0.25, 0.3) is 0 Å². The van der Waals surface area contributed by atoms with Crippen molar-refractivity contribution in [3.63, 3.8) is 0 Å². The Bertz CT molecular complexity index is 1860. The maximum Gasteiger partial charge on any atom is 0.338 e. The predicted molar refractivity (Wildman–Crippen MR) is 260 cm³/mol. The van der Waals surface area contributed by atoms with Gasteiger partial charge in [0.2, 0.25) is 41.4 Å². The summed E-state index contributed by atoms with van der Waals surface area (Å²) in [5.41, 5.74) is 28.6. The van der Waals surface area contributed by atoms with Gasteiger partial charge in [0, 0.05) is 18.7 Å². The van der Waals surface area contributed by atoms with Gasteiger partial charge < -0.3 is 47.6 Å². The van der Waals surface area contributed by atoms with E-state index in [1.54, 1.807) is 48.3 Å². The molecule has 0 unspecified atom stereocenters.